The van der Waals surface area contributed by atoms with E-state index in [1.807, 2.05) is 0 Å². The molecule has 11 nitrogen and oxygen atoms in total. The molecule has 1 aliphatic rings. The molecule has 0 spiro atoms. The van der Waals surface area contributed by atoms with Gasteiger partial charge in [-0.2, -0.15) is 0 Å². The maximum absolute atomic E-state index is 11.8. The fourth-order valence-corrected chi connectivity index (χ4v) is 3.78. The monoisotopic (exact) mass is 446 g/mol. The fourth-order valence-electron chi connectivity index (χ4n) is 3.78. The van der Waals surface area contributed by atoms with Crippen LogP contribution in [-0.2, 0) is 33.4 Å². The van der Waals surface area contributed by atoms with Gasteiger partial charge in [0.1, 0.15) is 6.61 Å². The van der Waals surface area contributed by atoms with E-state index in [0.717, 1.165) is 19.3 Å². The third kappa shape index (κ3) is 10.1. The zero-order valence-corrected chi connectivity index (χ0v) is 18.1. The zero-order valence-electron chi connectivity index (χ0n) is 18.1. The zero-order chi connectivity index (χ0) is 23.4. The Morgan fingerprint density at radius 3 is 2.13 bits per heavy atom. The standard InChI is InChI=1S/C20H34N2O9/c1-12(23)22-19-15(10-18(27)28)14(9-17(25)26)16(11-30-13(2)24)31-20(19)29-8-6-4-3-5-7-21/h14-16,19-20H,3-11,21H2,1-2H3,(H,22,23)(H,25,26)(H,27,28)/t14-,15-,16+,19-,20-/m1/s1. The van der Waals surface area contributed by atoms with Gasteiger partial charge in [0.15, 0.2) is 6.29 Å². The molecule has 178 valence electrons. The van der Waals surface area contributed by atoms with Crippen molar-refractivity contribution in [3.05, 3.63) is 0 Å². The molecule has 1 heterocycles. The van der Waals surface area contributed by atoms with Crippen LogP contribution in [0.1, 0.15) is 52.4 Å². The van der Waals surface area contributed by atoms with Gasteiger partial charge in [-0.1, -0.05) is 12.8 Å². The van der Waals surface area contributed by atoms with E-state index in [0.29, 0.717) is 19.6 Å². The van der Waals surface area contributed by atoms with Crippen molar-refractivity contribution < 1.29 is 43.6 Å². The summed E-state index contributed by atoms with van der Waals surface area (Å²) in [4.78, 5) is 46.1. The van der Waals surface area contributed by atoms with Crippen molar-refractivity contribution in [1.82, 2.24) is 5.32 Å². The molecule has 5 atom stereocenters. The summed E-state index contributed by atoms with van der Waals surface area (Å²) in [5.41, 5.74) is 5.48. The number of carboxylic acids is 2. The molecule has 0 saturated carbocycles. The number of hydrogen-bond acceptors (Lipinski definition) is 8. The van der Waals surface area contributed by atoms with E-state index in [2.05, 4.69) is 5.32 Å². The first kappa shape index (κ1) is 26.8. The number of esters is 1. The summed E-state index contributed by atoms with van der Waals surface area (Å²) in [6, 6.07) is -0.865. The molecule has 0 unspecified atom stereocenters. The van der Waals surface area contributed by atoms with Crippen molar-refractivity contribution in [3.63, 3.8) is 0 Å². The molecule has 11 heteroatoms. The number of hydrogen-bond donors (Lipinski definition) is 4. The Balaban J connectivity index is 3.07. The predicted octanol–water partition coefficient (Wildman–Crippen LogP) is 0.497. The molecule has 1 amide bonds. The number of carboxylic acid groups (broad SMARTS) is 2. The van der Waals surface area contributed by atoms with Crippen LogP contribution in [0.15, 0.2) is 0 Å². The van der Waals surface area contributed by atoms with E-state index < -0.39 is 66.9 Å². The predicted molar refractivity (Wildman–Crippen MR) is 108 cm³/mol. The van der Waals surface area contributed by atoms with E-state index in [4.69, 9.17) is 19.9 Å². The molecule has 0 aromatic rings. The first-order chi connectivity index (χ1) is 14.6. The third-order valence-corrected chi connectivity index (χ3v) is 5.11. The summed E-state index contributed by atoms with van der Waals surface area (Å²) in [7, 11) is 0. The minimum absolute atomic E-state index is 0.244. The molecule has 0 aromatic carbocycles. The Bertz CT molecular complexity index is 613. The van der Waals surface area contributed by atoms with Gasteiger partial charge in [0.25, 0.3) is 0 Å². The number of ether oxygens (including phenoxy) is 3. The van der Waals surface area contributed by atoms with Crippen molar-refractivity contribution in [2.45, 2.75) is 70.8 Å². The Morgan fingerprint density at radius 2 is 1.58 bits per heavy atom. The second-order valence-electron chi connectivity index (χ2n) is 7.67. The Hall–Kier alpha value is -2.24. The van der Waals surface area contributed by atoms with Crippen LogP contribution in [0.4, 0.5) is 0 Å². The van der Waals surface area contributed by atoms with Gasteiger partial charge in [-0.05, 0) is 19.4 Å². The highest BCUT2D eigenvalue weighted by atomic mass is 16.7. The van der Waals surface area contributed by atoms with Gasteiger partial charge in [-0.3, -0.25) is 19.2 Å². The quantitative estimate of drug-likeness (QED) is 0.217. The normalized spacial score (nSPS) is 25.6. The topological polar surface area (TPSA) is 174 Å². The molecule has 1 aliphatic heterocycles. The van der Waals surface area contributed by atoms with Gasteiger partial charge in [-0.15, -0.1) is 0 Å². The second-order valence-corrected chi connectivity index (χ2v) is 7.67. The van der Waals surface area contributed by atoms with Gasteiger partial charge in [0.2, 0.25) is 5.91 Å². The largest absolute Gasteiger partial charge is 0.481 e. The van der Waals surface area contributed by atoms with Crippen LogP contribution in [0.2, 0.25) is 0 Å². The van der Waals surface area contributed by atoms with Gasteiger partial charge in [0.05, 0.1) is 25.0 Å². The van der Waals surface area contributed by atoms with E-state index in [9.17, 15) is 29.4 Å². The molecule has 31 heavy (non-hydrogen) atoms. The molecule has 1 fully saturated rings. The molecular weight excluding hydrogens is 412 g/mol. The highest BCUT2D eigenvalue weighted by Gasteiger charge is 2.48. The first-order valence-electron chi connectivity index (χ1n) is 10.5. The van der Waals surface area contributed by atoms with E-state index >= 15 is 0 Å². The Kier molecular flexibility index (Phi) is 12.1. The SMILES string of the molecule is CC(=O)N[C@H]1[C@H](OCCCCCCN)O[C@@H](COC(C)=O)[C@H](CC(=O)O)[C@H]1CC(=O)O. The highest BCUT2D eigenvalue weighted by molar-refractivity contribution is 5.74. The van der Waals surface area contributed by atoms with Crippen LogP contribution >= 0.6 is 0 Å². The van der Waals surface area contributed by atoms with Crippen LogP contribution in [0.5, 0.6) is 0 Å². The molecule has 1 rings (SSSR count). The summed E-state index contributed by atoms with van der Waals surface area (Å²) in [5, 5.41) is 21.4. The summed E-state index contributed by atoms with van der Waals surface area (Å²) in [5.74, 6) is -4.91. The molecule has 0 aliphatic carbocycles. The maximum Gasteiger partial charge on any atom is 0.303 e. The summed E-state index contributed by atoms with van der Waals surface area (Å²) >= 11 is 0. The average Bonchev–Trinajstić information content (AvgIpc) is 2.66. The lowest BCUT2D eigenvalue weighted by Crippen LogP contribution is -2.60. The van der Waals surface area contributed by atoms with E-state index in [1.165, 1.54) is 13.8 Å². The number of nitrogens with one attached hydrogen (secondary N) is 1. The second kappa shape index (κ2) is 13.9. The number of aliphatic carboxylic acids is 2. The Morgan fingerprint density at radius 1 is 0.968 bits per heavy atom. The fraction of sp³-hybridized carbons (Fsp3) is 0.800. The van der Waals surface area contributed by atoms with Crippen molar-refractivity contribution in [2.75, 3.05) is 19.8 Å². The minimum atomic E-state index is -1.15. The minimum Gasteiger partial charge on any atom is -0.481 e. The number of carbonyl (C=O) groups is 4. The highest BCUT2D eigenvalue weighted by Crippen LogP contribution is 2.37. The van der Waals surface area contributed by atoms with Crippen molar-refractivity contribution in [1.29, 1.82) is 0 Å². The average molecular weight is 446 g/mol. The van der Waals surface area contributed by atoms with Crippen LogP contribution in [-0.4, -0.2) is 72.2 Å². The van der Waals surface area contributed by atoms with Gasteiger partial charge in [0, 0.05) is 32.3 Å². The first-order valence-corrected chi connectivity index (χ1v) is 10.5. The molecule has 1 saturated heterocycles. The molecule has 0 radical (unpaired) electrons. The lowest BCUT2D eigenvalue weighted by Gasteiger charge is -2.46. The van der Waals surface area contributed by atoms with E-state index in [1.54, 1.807) is 0 Å². The van der Waals surface area contributed by atoms with Crippen LogP contribution in [0.3, 0.4) is 0 Å². The third-order valence-electron chi connectivity index (χ3n) is 5.11. The van der Waals surface area contributed by atoms with Crippen LogP contribution in [0.25, 0.3) is 0 Å². The van der Waals surface area contributed by atoms with Crippen molar-refractivity contribution >= 4 is 23.8 Å². The van der Waals surface area contributed by atoms with Crippen molar-refractivity contribution in [2.24, 2.45) is 17.6 Å². The summed E-state index contributed by atoms with van der Waals surface area (Å²) in [6.45, 7) is 3.15. The van der Waals surface area contributed by atoms with Gasteiger partial charge < -0.3 is 35.5 Å². The number of nitrogens with two attached hydrogens (primary N) is 1. The Labute approximate surface area is 181 Å². The lowest BCUT2D eigenvalue weighted by molar-refractivity contribution is -0.250. The molecule has 0 aromatic heterocycles. The maximum atomic E-state index is 11.8. The lowest BCUT2D eigenvalue weighted by atomic mass is 9.75. The summed E-state index contributed by atoms with van der Waals surface area (Å²) < 4.78 is 16.8. The molecule has 5 N–H and O–H groups in total. The molecular formula is C20H34N2O9. The van der Waals surface area contributed by atoms with E-state index in [-0.39, 0.29) is 6.61 Å². The summed E-state index contributed by atoms with van der Waals surface area (Å²) in [6.07, 6.45) is 0.721. The van der Waals surface area contributed by atoms with Crippen molar-refractivity contribution in [3.8, 4) is 0 Å². The van der Waals surface area contributed by atoms with Gasteiger partial charge >= 0.3 is 17.9 Å². The molecule has 0 bridgehead atoms. The number of amides is 1. The van der Waals surface area contributed by atoms with Crippen LogP contribution in [0, 0.1) is 11.8 Å². The van der Waals surface area contributed by atoms with Gasteiger partial charge in [-0.25, -0.2) is 0 Å². The number of carbonyl (C=O) groups excluding carboxylic acids is 2. The number of rotatable bonds is 14. The smallest absolute Gasteiger partial charge is 0.303 e. The number of unbranched alkanes of at least 4 members (excludes halogenated alkanes) is 3. The van der Waals surface area contributed by atoms with Crippen LogP contribution < -0.4 is 11.1 Å².